The Morgan fingerprint density at radius 2 is 0.980 bits per heavy atom. The summed E-state index contributed by atoms with van der Waals surface area (Å²) in [5, 5.41) is 46.5. The molecule has 29 heteroatoms. The van der Waals surface area contributed by atoms with Gasteiger partial charge in [-0.05, 0) is 142 Å². The molecule has 1 aromatic heterocycles. The molecule has 0 spiro atoms. The predicted octanol–water partition coefficient (Wildman–Crippen LogP) is 2.05. The maximum atomic E-state index is 14.8. The van der Waals surface area contributed by atoms with Gasteiger partial charge in [0.2, 0.25) is 70.9 Å². The van der Waals surface area contributed by atoms with Gasteiger partial charge in [0.1, 0.15) is 54.4 Å². The van der Waals surface area contributed by atoms with Crippen LogP contribution in [-0.2, 0) is 76.8 Å². The minimum atomic E-state index is -1.78. The highest BCUT2D eigenvalue weighted by atomic mass is 35.5. The van der Waals surface area contributed by atoms with E-state index in [1.54, 1.807) is 43.3 Å². The summed E-state index contributed by atoms with van der Waals surface area (Å²) in [4.78, 5) is 173. The lowest BCUT2D eigenvalue weighted by Gasteiger charge is -2.31. The Morgan fingerprint density at radius 1 is 0.510 bits per heavy atom. The van der Waals surface area contributed by atoms with Crippen molar-refractivity contribution in [1.82, 2.24) is 73.7 Å². The maximum absolute atomic E-state index is 14.8. The zero-order valence-electron chi connectivity index (χ0n) is 59.9. The first-order valence-corrected chi connectivity index (χ1v) is 35.7. The van der Waals surface area contributed by atoms with E-state index in [-0.39, 0.29) is 101 Å². The molecule has 0 bridgehead atoms. The van der Waals surface area contributed by atoms with E-state index in [0.717, 1.165) is 16.3 Å². The number of carbonyl (C=O) groups excluding carboxylic acids is 12. The zero-order chi connectivity index (χ0) is 74.8. The second-order valence-electron chi connectivity index (χ2n) is 26.8. The summed E-state index contributed by atoms with van der Waals surface area (Å²) in [6.45, 7) is 13.6. The van der Waals surface area contributed by atoms with E-state index < -0.39 is 126 Å². The monoisotopic (exact) mass is 1440 g/mol. The lowest BCUT2D eigenvalue weighted by molar-refractivity contribution is -0.142. The van der Waals surface area contributed by atoms with Gasteiger partial charge in [-0.3, -0.25) is 62.5 Å². The van der Waals surface area contributed by atoms with E-state index in [2.05, 4.69) is 68.8 Å². The van der Waals surface area contributed by atoms with E-state index in [0.29, 0.717) is 61.2 Å². The number of halogens is 1. The first kappa shape index (κ1) is 83.5. The molecule has 10 atom stereocenters. The fourth-order valence-corrected chi connectivity index (χ4v) is 12.0. The number of aromatic nitrogens is 1. The van der Waals surface area contributed by atoms with Gasteiger partial charge in [-0.15, -0.1) is 0 Å². The fourth-order valence-electron chi connectivity index (χ4n) is 11.8. The second kappa shape index (κ2) is 43.6. The van der Waals surface area contributed by atoms with Crippen molar-refractivity contribution in [2.45, 2.75) is 218 Å². The number of hydrogen-bond donors (Lipinski definition) is 14. The van der Waals surface area contributed by atoms with Crippen molar-refractivity contribution in [2.75, 3.05) is 32.8 Å². The van der Waals surface area contributed by atoms with Crippen molar-refractivity contribution in [2.24, 2.45) is 11.7 Å². The fraction of sp³-hybridized carbons (Fsp3) is 0.548. The molecule has 3 aromatic carbocycles. The Kier molecular flexibility index (Phi) is 35.7. The van der Waals surface area contributed by atoms with Crippen LogP contribution in [0, 0.1) is 5.92 Å². The van der Waals surface area contributed by atoms with Crippen LogP contribution in [-0.4, -0.2) is 185 Å². The molecule has 1 aliphatic rings. The highest BCUT2D eigenvalue weighted by Crippen LogP contribution is 2.22. The van der Waals surface area contributed by atoms with Gasteiger partial charge in [0, 0.05) is 83.1 Å². The van der Waals surface area contributed by atoms with Crippen LogP contribution in [0.15, 0.2) is 91.3 Å². The average molecular weight is 1440 g/mol. The molecule has 1 aliphatic heterocycles. The van der Waals surface area contributed by atoms with Crippen LogP contribution in [0.4, 0.5) is 0 Å². The summed E-state index contributed by atoms with van der Waals surface area (Å²) >= 11 is 6.24. The summed E-state index contributed by atoms with van der Waals surface area (Å²) in [6, 6.07) is 11.4. The minimum Gasteiger partial charge on any atom is -0.394 e. The van der Waals surface area contributed by atoms with Crippen molar-refractivity contribution in [3.05, 3.63) is 113 Å². The molecule has 558 valence electrons. The topological polar surface area (TPSA) is 412 Å². The third-order valence-corrected chi connectivity index (χ3v) is 17.3. The van der Waals surface area contributed by atoms with Crippen LogP contribution >= 0.6 is 11.6 Å². The van der Waals surface area contributed by atoms with Crippen molar-refractivity contribution in [3.63, 3.8) is 0 Å². The number of unbranched alkanes of at least 4 members (excludes halogenated alkanes) is 3. The molecule has 102 heavy (non-hydrogen) atoms. The Hall–Kier alpha value is -9.12. The Morgan fingerprint density at radius 3 is 1.51 bits per heavy atom. The number of nitrogens with two attached hydrogens (primary N) is 1. The maximum Gasteiger partial charge on any atom is 0.245 e. The van der Waals surface area contributed by atoms with Crippen LogP contribution in [0.3, 0.4) is 0 Å². The molecule has 28 nitrogen and oxygen atoms in total. The van der Waals surface area contributed by atoms with Gasteiger partial charge in [0.05, 0.1) is 12.8 Å². The first-order valence-electron chi connectivity index (χ1n) is 35.3. The number of rotatable bonds is 43. The van der Waals surface area contributed by atoms with Crippen molar-refractivity contribution >= 4 is 93.3 Å². The zero-order valence-corrected chi connectivity index (χ0v) is 60.7. The smallest absolute Gasteiger partial charge is 0.245 e. The van der Waals surface area contributed by atoms with Gasteiger partial charge in [-0.1, -0.05) is 100.0 Å². The average Bonchev–Trinajstić information content (AvgIpc) is 1.46. The molecule has 0 aliphatic carbocycles. The van der Waals surface area contributed by atoms with E-state index in [1.165, 1.54) is 38.1 Å². The summed E-state index contributed by atoms with van der Waals surface area (Å²) in [6.07, 6.45) is 5.41. The van der Waals surface area contributed by atoms with Gasteiger partial charge in [-0.25, -0.2) is 0 Å². The number of fused-ring (bicyclic) bond motifs is 1. The molecule has 1 fully saturated rings. The van der Waals surface area contributed by atoms with E-state index in [4.69, 9.17) is 17.3 Å². The highest BCUT2D eigenvalue weighted by molar-refractivity contribution is 6.30. The van der Waals surface area contributed by atoms with Crippen LogP contribution in [0.5, 0.6) is 0 Å². The van der Waals surface area contributed by atoms with Gasteiger partial charge in [0.15, 0.2) is 0 Å². The number of aliphatic hydroxyl groups excluding tert-OH is 1. The van der Waals surface area contributed by atoms with Gasteiger partial charge in [0.25, 0.3) is 0 Å². The lowest BCUT2D eigenvalue weighted by Crippen LogP contribution is -2.61. The standard InChI is InChI=1S/C73H106ClN15O13/c1-44(2)37-59(67(96)84-58(24-13-14-33-77-45(3)4)73(102)89-36-18-25-64(89)72(101)80-46(5)75)85-66(95)57(23-12-16-35-79-48(7)92)82-65(94)56(22-11-15-34-78-47(6)91)83-71(100)63(43-90)88-70(99)62(41-52-19-17-32-76-42-52)87-69(98)61(39-50-27-30-55(74)31-28-50)86-68(97)60(81-49(8)93)40-51-26-29-53-20-9-10-21-54(53)38-51/h9-10,17,19-21,26-32,38,42,44-46,56-64,77,90H,11-16,18,22-25,33-37,39-41,43,75H2,1-8H3,(H,78,91)(H,79,92)(H,80,101)(H,81,93)(H,82,94)(H,83,100)(H,84,96)(H,85,95)(H,86,97)(H,87,98)(H,88,99)/t46-,56+,57-,58+,59+,60-,61-,62-,63+,64+/m1/s1. The number of benzene rings is 3. The summed E-state index contributed by atoms with van der Waals surface area (Å²) < 4.78 is 0. The van der Waals surface area contributed by atoms with Crippen LogP contribution in [0.2, 0.25) is 5.02 Å². The minimum absolute atomic E-state index is 0.0352. The quantitative estimate of drug-likeness (QED) is 0.0223. The second-order valence-corrected chi connectivity index (χ2v) is 27.3. The summed E-state index contributed by atoms with van der Waals surface area (Å²) in [5.41, 5.74) is 7.63. The van der Waals surface area contributed by atoms with Crippen LogP contribution < -0.4 is 69.5 Å². The molecular formula is C73H106ClN15O13. The molecule has 12 amide bonds. The van der Waals surface area contributed by atoms with Crippen molar-refractivity contribution < 1.29 is 62.6 Å². The normalized spacial score (nSPS) is 15.4. The molecule has 15 N–H and O–H groups in total. The third-order valence-electron chi connectivity index (χ3n) is 17.0. The Labute approximate surface area is 602 Å². The molecule has 1 saturated heterocycles. The Bertz CT molecular complexity index is 3440. The number of pyridine rings is 1. The highest BCUT2D eigenvalue weighted by Gasteiger charge is 2.40. The number of likely N-dealkylation sites (tertiary alicyclic amines) is 1. The SMILES string of the molecule is CC(=O)NCCCC[C@H](NC(=O)[C@H](CO)NC(=O)[C@@H](Cc1cccnc1)NC(=O)[C@@H](Cc1ccc(Cl)cc1)NC(=O)[C@@H](Cc1ccc2ccccc2c1)NC(C)=O)C(=O)N[C@H](CCCCNC(C)=O)C(=O)N[C@@H](CC(C)C)C(=O)N[C@@H](CCCCNC(C)C)C(=O)N1CCC[C@H]1C(=O)N[C@H](C)N. The van der Waals surface area contributed by atoms with E-state index in [1.807, 2.05) is 70.2 Å². The van der Waals surface area contributed by atoms with Crippen molar-refractivity contribution in [3.8, 4) is 0 Å². The number of aliphatic hydroxyl groups is 1. The molecule has 4 aromatic rings. The van der Waals surface area contributed by atoms with Gasteiger partial charge in [-0.2, -0.15) is 0 Å². The van der Waals surface area contributed by atoms with Crippen molar-refractivity contribution in [1.29, 1.82) is 0 Å². The van der Waals surface area contributed by atoms with E-state index >= 15 is 0 Å². The number of hydrogen-bond acceptors (Lipinski definition) is 16. The number of nitrogens with zero attached hydrogens (tertiary/aromatic N) is 2. The largest absolute Gasteiger partial charge is 0.394 e. The number of nitrogens with one attached hydrogen (secondary N) is 12. The molecular weight excluding hydrogens is 1330 g/mol. The molecule has 5 rings (SSSR count). The molecule has 0 unspecified atom stereocenters. The lowest BCUT2D eigenvalue weighted by atomic mass is 9.99. The third kappa shape index (κ3) is 29.8. The number of amides is 12. The summed E-state index contributed by atoms with van der Waals surface area (Å²) in [7, 11) is 0. The predicted molar refractivity (Wildman–Crippen MR) is 387 cm³/mol. The molecule has 2 heterocycles. The molecule has 0 radical (unpaired) electrons. The Balaban J connectivity index is 1.42. The van der Waals surface area contributed by atoms with Crippen LogP contribution in [0.1, 0.15) is 149 Å². The van der Waals surface area contributed by atoms with Gasteiger partial charge < -0.3 is 79.5 Å². The van der Waals surface area contributed by atoms with Crippen LogP contribution in [0.25, 0.3) is 10.8 Å². The molecule has 0 saturated carbocycles. The first-order chi connectivity index (χ1) is 48.6. The summed E-state index contributed by atoms with van der Waals surface area (Å²) in [5.74, 6) is -8.13. The van der Waals surface area contributed by atoms with E-state index in [9.17, 15) is 62.6 Å². The number of carbonyl (C=O) groups is 12. The van der Waals surface area contributed by atoms with Gasteiger partial charge >= 0.3 is 0 Å².